The fourth-order valence-corrected chi connectivity index (χ4v) is 5.61. The van der Waals surface area contributed by atoms with Crippen LogP contribution in [0.25, 0.3) is 10.8 Å². The van der Waals surface area contributed by atoms with Crippen LogP contribution in [0.2, 0.25) is 0 Å². The molecule has 14 heteroatoms. The molecule has 0 radical (unpaired) electrons. The maximum absolute atomic E-state index is 12.2. The molecule has 0 saturated carbocycles. The normalized spacial score (nSPS) is 13.2. The molecular weight excluding hydrogens is 673 g/mol. The molecule has 44 heavy (non-hydrogen) atoms. The summed E-state index contributed by atoms with van der Waals surface area (Å²) in [7, 11) is -8.89. The Kier molecular flexibility index (Phi) is 24.1. The molecule has 242 valence electrons. The van der Waals surface area contributed by atoms with Crippen molar-refractivity contribution in [1.29, 1.82) is 0 Å². The number of unbranched alkanes of at least 4 members (excludes halogenated alkanes) is 2. The average Bonchev–Trinajstić information content (AvgIpc) is 2.95. The summed E-state index contributed by atoms with van der Waals surface area (Å²) in [4.78, 5) is 24.2. The minimum Gasteiger partial charge on any atom is -1.00 e. The Morgan fingerprint density at radius 1 is 0.795 bits per heavy atom. The van der Waals surface area contributed by atoms with Gasteiger partial charge in [-0.2, -0.15) is 16.8 Å². The standard InChI is InChI=1S/C20H38O7S.C10H8O3S.Na.Zn.H/c1-5-9-11-16(7-3)14-26-19(21)13-18(28(23,24)25)20(22)27-15-17(8-4)12-10-6-2;11-14(12,13)10-7-3-5-8-4-1-2-6-9(8)10;;;/h16-18H,5-15H2,1-4H3,(H,23,24,25);1-7H,(H,11,12,13);;;/q;;+1;;-1. The molecule has 0 aromatic heterocycles. The molecule has 0 fully saturated rings. The van der Waals surface area contributed by atoms with Gasteiger partial charge in [0.2, 0.25) is 0 Å². The Hall–Kier alpha value is -0.917. The van der Waals surface area contributed by atoms with E-state index in [1.54, 1.807) is 30.3 Å². The van der Waals surface area contributed by atoms with Gasteiger partial charge in [-0.15, -0.1) is 0 Å². The van der Waals surface area contributed by atoms with Gasteiger partial charge in [-0.05, 0) is 36.1 Å². The average molecular weight is 720 g/mol. The van der Waals surface area contributed by atoms with E-state index < -0.39 is 43.8 Å². The molecular formula is C30H47NaO10S2Zn. The smallest absolute Gasteiger partial charge is 1.00 e. The number of carbonyl (C=O) groups is 2. The molecule has 0 aliphatic carbocycles. The predicted molar refractivity (Wildman–Crippen MR) is 163 cm³/mol. The van der Waals surface area contributed by atoms with Crippen LogP contribution in [-0.4, -0.2) is 56.3 Å². The summed E-state index contributed by atoms with van der Waals surface area (Å²) in [6.07, 6.45) is 6.74. The molecule has 0 aliphatic rings. The van der Waals surface area contributed by atoms with Crippen molar-refractivity contribution >= 4 is 42.9 Å². The number of rotatable bonds is 17. The predicted octanol–water partition coefficient (Wildman–Crippen LogP) is 3.35. The van der Waals surface area contributed by atoms with Crippen LogP contribution in [0.1, 0.15) is 86.9 Å². The number of hydrogen-bond acceptors (Lipinski definition) is 8. The minimum absolute atomic E-state index is 0. The van der Waals surface area contributed by atoms with E-state index in [9.17, 15) is 31.0 Å². The van der Waals surface area contributed by atoms with Crippen molar-refractivity contribution in [3.05, 3.63) is 42.5 Å². The Morgan fingerprint density at radius 2 is 1.30 bits per heavy atom. The van der Waals surface area contributed by atoms with E-state index in [1.807, 2.05) is 19.9 Å². The van der Waals surface area contributed by atoms with Crippen molar-refractivity contribution in [2.75, 3.05) is 13.2 Å². The second-order valence-electron chi connectivity index (χ2n) is 10.3. The van der Waals surface area contributed by atoms with Gasteiger partial charge < -0.3 is 10.9 Å². The summed E-state index contributed by atoms with van der Waals surface area (Å²) in [6.45, 7) is 8.35. The van der Waals surface area contributed by atoms with Gasteiger partial charge in [-0.25, -0.2) is 0 Å². The maximum atomic E-state index is 12.2. The fourth-order valence-electron chi connectivity index (χ4n) is 4.24. The van der Waals surface area contributed by atoms with Crippen LogP contribution in [0.5, 0.6) is 0 Å². The van der Waals surface area contributed by atoms with E-state index in [0.29, 0.717) is 5.39 Å². The number of carbonyl (C=O) groups excluding carboxylic acids is 2. The van der Waals surface area contributed by atoms with Gasteiger partial charge in [0.1, 0.15) is 4.90 Å². The van der Waals surface area contributed by atoms with Gasteiger partial charge in [-0.1, -0.05) is 103 Å². The molecule has 0 spiro atoms. The first kappa shape index (κ1) is 45.2. The second kappa shape index (κ2) is 23.4. The van der Waals surface area contributed by atoms with E-state index in [4.69, 9.17) is 14.0 Å². The molecule has 2 rings (SSSR count). The van der Waals surface area contributed by atoms with Crippen LogP contribution >= 0.6 is 0 Å². The number of benzene rings is 2. The number of ether oxygens (including phenoxy) is 2. The summed E-state index contributed by atoms with van der Waals surface area (Å²) in [5.41, 5.74) is 0. The van der Waals surface area contributed by atoms with Gasteiger partial charge in [0.25, 0.3) is 20.2 Å². The van der Waals surface area contributed by atoms with E-state index in [0.717, 1.165) is 56.8 Å². The third-order valence-corrected chi connectivity index (χ3v) is 9.02. The van der Waals surface area contributed by atoms with Crippen LogP contribution in [0.15, 0.2) is 47.4 Å². The Bertz CT molecular complexity index is 1340. The third kappa shape index (κ3) is 17.1. The van der Waals surface area contributed by atoms with E-state index >= 15 is 0 Å². The van der Waals surface area contributed by atoms with Gasteiger partial charge in [0.05, 0.1) is 19.6 Å². The van der Waals surface area contributed by atoms with Gasteiger partial charge in [-0.3, -0.25) is 18.7 Å². The zero-order valence-corrected chi connectivity index (χ0v) is 33.3. The van der Waals surface area contributed by atoms with Crippen molar-refractivity contribution in [3.8, 4) is 0 Å². The van der Waals surface area contributed by atoms with Crippen molar-refractivity contribution in [2.24, 2.45) is 11.8 Å². The third-order valence-electron chi connectivity index (χ3n) is 7.03. The van der Waals surface area contributed by atoms with Gasteiger partial charge in [0, 0.05) is 24.9 Å². The monoisotopic (exact) mass is 718 g/mol. The van der Waals surface area contributed by atoms with Gasteiger partial charge >= 0.3 is 41.5 Å². The second-order valence-corrected chi connectivity index (χ2v) is 13.3. The van der Waals surface area contributed by atoms with Crippen LogP contribution in [-0.2, 0) is 58.8 Å². The number of fused-ring (bicyclic) bond motifs is 1. The van der Waals surface area contributed by atoms with E-state index in [-0.39, 0.29) is 80.4 Å². The molecule has 2 N–H and O–H groups in total. The molecule has 0 amide bonds. The van der Waals surface area contributed by atoms with Gasteiger partial charge in [0.15, 0.2) is 5.25 Å². The molecule has 0 bridgehead atoms. The zero-order valence-electron chi connectivity index (χ0n) is 27.7. The molecule has 2 aromatic rings. The molecule has 0 saturated heterocycles. The molecule has 2 aromatic carbocycles. The fraction of sp³-hybridized carbons (Fsp3) is 0.600. The van der Waals surface area contributed by atoms with Crippen molar-refractivity contribution < 1.29 is 95.5 Å². The Labute approximate surface area is 299 Å². The summed E-state index contributed by atoms with van der Waals surface area (Å²) >= 11 is 0. The first-order chi connectivity index (χ1) is 19.8. The number of esters is 2. The maximum Gasteiger partial charge on any atom is 1.00 e. The van der Waals surface area contributed by atoms with Crippen molar-refractivity contribution in [1.82, 2.24) is 0 Å². The van der Waals surface area contributed by atoms with Crippen LogP contribution in [0, 0.1) is 11.8 Å². The molecule has 0 aliphatic heterocycles. The SMILES string of the molecule is CCCCC(CC)COC(=O)CC(C(=O)OCC(CC)CCCC)S(=O)(=O)O.O=S(=O)(O)c1cccc2ccccc12.[H-].[Na+].[Zn]. The quantitative estimate of drug-likeness (QED) is 0.141. The van der Waals surface area contributed by atoms with Crippen molar-refractivity contribution in [2.45, 2.75) is 95.6 Å². The van der Waals surface area contributed by atoms with E-state index in [1.165, 1.54) is 6.07 Å². The Morgan fingerprint density at radius 3 is 1.77 bits per heavy atom. The molecule has 10 nitrogen and oxygen atoms in total. The van der Waals surface area contributed by atoms with Crippen LogP contribution in [0.4, 0.5) is 0 Å². The van der Waals surface area contributed by atoms with Crippen LogP contribution in [0.3, 0.4) is 0 Å². The molecule has 0 heterocycles. The van der Waals surface area contributed by atoms with Crippen molar-refractivity contribution in [3.63, 3.8) is 0 Å². The first-order valence-electron chi connectivity index (χ1n) is 14.5. The first-order valence-corrected chi connectivity index (χ1v) is 17.5. The molecule has 3 atom stereocenters. The minimum atomic E-state index is -4.76. The number of hydrogen-bond donors (Lipinski definition) is 2. The van der Waals surface area contributed by atoms with Crippen LogP contribution < -0.4 is 29.6 Å². The topological polar surface area (TPSA) is 161 Å². The summed E-state index contributed by atoms with van der Waals surface area (Å²) in [6, 6.07) is 11.8. The summed E-state index contributed by atoms with van der Waals surface area (Å²) in [5, 5.41) is -0.612. The summed E-state index contributed by atoms with van der Waals surface area (Å²) in [5.74, 6) is -1.61. The molecule has 3 unspecified atom stereocenters. The largest absolute Gasteiger partial charge is 1.00 e. The zero-order chi connectivity index (χ0) is 31.8. The van der Waals surface area contributed by atoms with E-state index in [2.05, 4.69) is 13.8 Å². The summed E-state index contributed by atoms with van der Waals surface area (Å²) < 4.78 is 73.7. The Balaban J connectivity index is -0.000000870.